The van der Waals surface area contributed by atoms with E-state index in [1.807, 2.05) is 6.20 Å². The van der Waals surface area contributed by atoms with Crippen molar-refractivity contribution in [1.29, 1.82) is 0 Å². The lowest BCUT2D eigenvalue weighted by molar-refractivity contribution is 0.0595. The summed E-state index contributed by atoms with van der Waals surface area (Å²) in [6, 6.07) is 1.74. The van der Waals surface area contributed by atoms with Crippen molar-refractivity contribution in [2.24, 2.45) is 0 Å². The maximum atomic E-state index is 14.8. The van der Waals surface area contributed by atoms with Gasteiger partial charge in [0.25, 0.3) is 0 Å². The minimum Gasteiger partial charge on any atom is -0.465 e. The molecule has 4 nitrogen and oxygen atoms in total. The maximum absolute atomic E-state index is 14.8. The standard InChI is InChI=1S/C18H27FN2O2Si/c1-11(2)24(12(3)4,13(5)6)21-9-8-14-16(19)15(18(22)23-7)10-20-17(14)21/h8-13H,1-7H3. The van der Waals surface area contributed by atoms with Crippen molar-refractivity contribution in [2.75, 3.05) is 7.11 Å². The zero-order valence-electron chi connectivity index (χ0n) is 15.6. The van der Waals surface area contributed by atoms with Crippen LogP contribution in [0.25, 0.3) is 11.0 Å². The van der Waals surface area contributed by atoms with Crippen LogP contribution in [0.2, 0.25) is 16.6 Å². The average molecular weight is 351 g/mol. The van der Waals surface area contributed by atoms with Crippen LogP contribution in [0, 0.1) is 5.82 Å². The van der Waals surface area contributed by atoms with Gasteiger partial charge in [-0.3, -0.25) is 0 Å². The van der Waals surface area contributed by atoms with E-state index in [-0.39, 0.29) is 5.56 Å². The van der Waals surface area contributed by atoms with Crippen molar-refractivity contribution < 1.29 is 13.9 Å². The van der Waals surface area contributed by atoms with E-state index in [1.54, 1.807) is 6.07 Å². The fraction of sp³-hybridized carbons (Fsp3) is 0.556. The molecule has 0 aliphatic rings. The number of halogens is 1. The van der Waals surface area contributed by atoms with Crippen LogP contribution >= 0.6 is 0 Å². The van der Waals surface area contributed by atoms with Gasteiger partial charge in [0.15, 0.2) is 8.24 Å². The summed E-state index contributed by atoms with van der Waals surface area (Å²) in [5.74, 6) is -1.25. The molecule has 24 heavy (non-hydrogen) atoms. The third kappa shape index (κ3) is 2.57. The third-order valence-electron chi connectivity index (χ3n) is 5.25. The number of carbonyl (C=O) groups excluding carboxylic acids is 1. The van der Waals surface area contributed by atoms with E-state index >= 15 is 0 Å². The molecule has 0 bridgehead atoms. The molecule has 0 aliphatic carbocycles. The first-order valence-electron chi connectivity index (χ1n) is 8.43. The monoisotopic (exact) mass is 350 g/mol. The molecule has 0 radical (unpaired) electrons. The van der Waals surface area contributed by atoms with Gasteiger partial charge in [-0.1, -0.05) is 41.5 Å². The Hall–Kier alpha value is -1.69. The summed E-state index contributed by atoms with van der Waals surface area (Å²) in [5, 5.41) is 0.386. The second kappa shape index (κ2) is 6.67. The zero-order valence-corrected chi connectivity index (χ0v) is 16.6. The maximum Gasteiger partial charge on any atom is 0.342 e. The number of pyridine rings is 1. The molecule has 0 atom stereocenters. The van der Waals surface area contributed by atoms with Gasteiger partial charge in [-0.2, -0.15) is 0 Å². The van der Waals surface area contributed by atoms with Crippen LogP contribution < -0.4 is 0 Å². The van der Waals surface area contributed by atoms with E-state index in [0.717, 1.165) is 0 Å². The Bertz CT molecular complexity index is 731. The van der Waals surface area contributed by atoms with E-state index in [4.69, 9.17) is 0 Å². The van der Waals surface area contributed by atoms with E-state index < -0.39 is 20.0 Å². The summed E-state index contributed by atoms with van der Waals surface area (Å²) < 4.78 is 21.6. The fourth-order valence-electron chi connectivity index (χ4n) is 4.45. The molecule has 0 saturated carbocycles. The van der Waals surface area contributed by atoms with E-state index in [0.29, 0.717) is 27.7 Å². The van der Waals surface area contributed by atoms with Gasteiger partial charge in [0.05, 0.1) is 12.5 Å². The molecule has 0 aliphatic heterocycles. The highest BCUT2D eigenvalue weighted by atomic mass is 28.3. The Balaban J connectivity index is 2.78. The molecule has 0 aromatic carbocycles. The second-order valence-electron chi connectivity index (χ2n) is 7.25. The Morgan fingerprint density at radius 3 is 2.17 bits per heavy atom. The van der Waals surface area contributed by atoms with Gasteiger partial charge < -0.3 is 8.97 Å². The highest BCUT2D eigenvalue weighted by Gasteiger charge is 2.46. The summed E-state index contributed by atoms with van der Waals surface area (Å²) in [6.07, 6.45) is 3.24. The van der Waals surface area contributed by atoms with Gasteiger partial charge in [0.2, 0.25) is 0 Å². The van der Waals surface area contributed by atoms with Crippen LogP contribution in [0.4, 0.5) is 4.39 Å². The fourth-order valence-corrected chi connectivity index (χ4v) is 11.0. The number of rotatable bonds is 5. The molecular weight excluding hydrogens is 323 g/mol. The molecule has 2 rings (SSSR count). The Kier molecular flexibility index (Phi) is 5.18. The largest absolute Gasteiger partial charge is 0.465 e. The highest BCUT2D eigenvalue weighted by molar-refractivity contribution is 6.82. The molecule has 6 heteroatoms. The van der Waals surface area contributed by atoms with E-state index in [2.05, 4.69) is 55.5 Å². The number of methoxy groups -OCH3 is 1. The highest BCUT2D eigenvalue weighted by Crippen LogP contribution is 2.44. The van der Waals surface area contributed by atoms with Gasteiger partial charge >= 0.3 is 5.97 Å². The Labute approximate surface area is 144 Å². The van der Waals surface area contributed by atoms with Crippen molar-refractivity contribution in [3.8, 4) is 0 Å². The summed E-state index contributed by atoms with van der Waals surface area (Å²) in [6.45, 7) is 13.5. The van der Waals surface area contributed by atoms with Gasteiger partial charge in [-0.05, 0) is 28.9 Å². The molecule has 2 aromatic rings. The molecule has 0 amide bonds. The Morgan fingerprint density at radius 2 is 1.71 bits per heavy atom. The normalized spacial score (nSPS) is 12.6. The number of ether oxygens (including phenoxy) is 1. The molecule has 0 N–H and O–H groups in total. The summed E-state index contributed by atoms with van der Waals surface area (Å²) in [5.41, 5.74) is 1.92. The minimum atomic E-state index is -2.02. The van der Waals surface area contributed by atoms with Crippen molar-refractivity contribution >= 4 is 25.2 Å². The number of fused-ring (bicyclic) bond motifs is 1. The number of esters is 1. The molecule has 0 saturated heterocycles. The first-order valence-corrected chi connectivity index (χ1v) is 10.6. The summed E-state index contributed by atoms with van der Waals surface area (Å²) >= 11 is 0. The average Bonchev–Trinajstić information content (AvgIpc) is 2.91. The van der Waals surface area contributed by atoms with Crippen molar-refractivity contribution in [3.05, 3.63) is 29.8 Å². The predicted octanol–water partition coefficient (Wildman–Crippen LogP) is 4.99. The quantitative estimate of drug-likeness (QED) is 0.564. The van der Waals surface area contributed by atoms with Gasteiger partial charge in [-0.25, -0.2) is 14.2 Å². The molecular formula is C18H27FN2O2Si. The smallest absolute Gasteiger partial charge is 0.342 e. The summed E-state index contributed by atoms with van der Waals surface area (Å²) in [4.78, 5) is 16.1. The zero-order chi connectivity index (χ0) is 18.2. The van der Waals surface area contributed by atoms with Crippen molar-refractivity contribution in [3.63, 3.8) is 0 Å². The molecule has 132 valence electrons. The lowest BCUT2D eigenvalue weighted by Crippen LogP contribution is -2.51. The van der Waals surface area contributed by atoms with E-state index in [1.165, 1.54) is 13.3 Å². The van der Waals surface area contributed by atoms with Gasteiger partial charge in [0.1, 0.15) is 17.0 Å². The number of hydrogen-bond acceptors (Lipinski definition) is 3. The molecule has 0 spiro atoms. The SMILES string of the molecule is COC(=O)c1cnc2c(ccn2[Si](C(C)C)(C(C)C)C(C)C)c1F. The number of hydrogen-bond donors (Lipinski definition) is 0. The minimum absolute atomic E-state index is 0.117. The van der Waals surface area contributed by atoms with Crippen LogP contribution in [0.15, 0.2) is 18.5 Å². The predicted molar refractivity (Wildman–Crippen MR) is 97.5 cm³/mol. The van der Waals surface area contributed by atoms with Gasteiger partial charge in [-0.15, -0.1) is 0 Å². The van der Waals surface area contributed by atoms with Gasteiger partial charge in [0, 0.05) is 6.20 Å². The molecule has 0 unspecified atom stereocenters. The lowest BCUT2D eigenvalue weighted by Gasteiger charge is -2.44. The lowest BCUT2D eigenvalue weighted by atomic mass is 10.2. The molecule has 2 heterocycles. The van der Waals surface area contributed by atoms with Crippen LogP contribution in [-0.2, 0) is 4.74 Å². The topological polar surface area (TPSA) is 44.1 Å². The van der Waals surface area contributed by atoms with Crippen LogP contribution in [0.5, 0.6) is 0 Å². The number of aromatic nitrogens is 2. The number of nitrogens with zero attached hydrogens (tertiary/aromatic N) is 2. The van der Waals surface area contributed by atoms with Crippen LogP contribution in [0.3, 0.4) is 0 Å². The Morgan fingerprint density at radius 1 is 1.17 bits per heavy atom. The second-order valence-corrected chi connectivity index (χ2v) is 13.0. The van der Waals surface area contributed by atoms with Crippen LogP contribution in [-0.4, -0.2) is 30.5 Å². The summed E-state index contributed by atoms with van der Waals surface area (Å²) in [7, 11) is -0.779. The van der Waals surface area contributed by atoms with Crippen molar-refractivity contribution in [2.45, 2.75) is 58.2 Å². The van der Waals surface area contributed by atoms with E-state index in [9.17, 15) is 9.18 Å². The number of carbonyl (C=O) groups is 1. The third-order valence-corrected chi connectivity index (χ3v) is 12.0. The first-order chi connectivity index (χ1) is 11.2. The van der Waals surface area contributed by atoms with Crippen LogP contribution in [0.1, 0.15) is 51.9 Å². The first kappa shape index (κ1) is 18.6. The molecule has 0 fully saturated rings. The van der Waals surface area contributed by atoms with Crippen molar-refractivity contribution in [1.82, 2.24) is 9.22 Å². The molecule has 2 aromatic heterocycles.